The van der Waals surface area contributed by atoms with Gasteiger partial charge >= 0.3 is 0 Å². The minimum Gasteiger partial charge on any atom is -0.493 e. The number of halogens is 3. The molecule has 9 heteroatoms. The van der Waals surface area contributed by atoms with Crippen LogP contribution < -0.4 is 14.4 Å². The smallest absolute Gasteiger partial charge is 0.298 e. The lowest BCUT2D eigenvalue weighted by Crippen LogP contribution is -2.27. The van der Waals surface area contributed by atoms with Gasteiger partial charge in [-0.05, 0) is 93.4 Å². The third-order valence-corrected chi connectivity index (χ3v) is 6.41. The van der Waals surface area contributed by atoms with Gasteiger partial charge < -0.3 is 9.47 Å². The molecule has 0 N–H and O–H groups in total. The number of thioether (sulfide) groups is 1. The molecule has 168 valence electrons. The Morgan fingerprint density at radius 2 is 1.88 bits per heavy atom. The van der Waals surface area contributed by atoms with Crippen LogP contribution in [0.2, 0.25) is 5.02 Å². The number of ether oxygens (including phenoxy) is 2. The fourth-order valence-electron chi connectivity index (χ4n) is 3.18. The van der Waals surface area contributed by atoms with Crippen molar-refractivity contribution >= 4 is 62.2 Å². The lowest BCUT2D eigenvalue weighted by molar-refractivity contribution is -0.113. The number of rotatable bonds is 6. The number of carbonyl (C=O) groups is 2. The van der Waals surface area contributed by atoms with Crippen molar-refractivity contribution in [1.29, 1.82) is 0 Å². The minimum absolute atomic E-state index is 0.145. The van der Waals surface area contributed by atoms with Gasteiger partial charge in [-0.1, -0.05) is 23.7 Å². The molecule has 0 saturated carbocycles. The molecule has 0 radical (unpaired) electrons. The molecular formula is C24H16BrClFNO4S. The summed E-state index contributed by atoms with van der Waals surface area (Å²) >= 11 is 10.2. The lowest BCUT2D eigenvalue weighted by Gasteiger charge is -2.14. The van der Waals surface area contributed by atoms with Crippen molar-refractivity contribution in [2.45, 2.75) is 6.61 Å². The van der Waals surface area contributed by atoms with Crippen LogP contribution in [-0.4, -0.2) is 18.3 Å². The number of benzene rings is 3. The molecule has 0 spiro atoms. The molecule has 1 heterocycles. The molecule has 1 fully saturated rings. The predicted octanol–water partition coefficient (Wildman–Crippen LogP) is 7.07. The maximum Gasteiger partial charge on any atom is 0.298 e. The second kappa shape index (κ2) is 9.99. The highest BCUT2D eigenvalue weighted by Gasteiger charge is 2.36. The summed E-state index contributed by atoms with van der Waals surface area (Å²) in [5.41, 5.74) is 1.76. The number of hydrogen-bond donors (Lipinski definition) is 0. The second-order valence-corrected chi connectivity index (χ2v) is 9.23. The molecule has 0 unspecified atom stereocenters. The molecule has 1 aliphatic rings. The summed E-state index contributed by atoms with van der Waals surface area (Å²) in [6.07, 6.45) is 1.62. The Morgan fingerprint density at radius 1 is 1.12 bits per heavy atom. The molecule has 1 saturated heterocycles. The maximum atomic E-state index is 13.4. The molecule has 0 bridgehead atoms. The van der Waals surface area contributed by atoms with Gasteiger partial charge in [-0.25, -0.2) is 9.29 Å². The summed E-state index contributed by atoms with van der Waals surface area (Å²) in [6.45, 7) is 0.145. The topological polar surface area (TPSA) is 55.8 Å². The van der Waals surface area contributed by atoms with E-state index in [2.05, 4.69) is 15.9 Å². The van der Waals surface area contributed by atoms with E-state index in [1.807, 2.05) is 0 Å². The number of hydrogen-bond acceptors (Lipinski definition) is 5. The zero-order valence-corrected chi connectivity index (χ0v) is 20.3. The second-order valence-electron chi connectivity index (χ2n) is 6.95. The van der Waals surface area contributed by atoms with Gasteiger partial charge in [0.2, 0.25) is 0 Å². The molecule has 0 aliphatic carbocycles. The Morgan fingerprint density at radius 3 is 2.58 bits per heavy atom. The fraction of sp³-hybridized carbons (Fsp3) is 0.0833. The minimum atomic E-state index is -0.422. The van der Waals surface area contributed by atoms with E-state index in [-0.39, 0.29) is 17.3 Å². The number of nitrogens with zero attached hydrogens (tertiary/aromatic N) is 1. The van der Waals surface area contributed by atoms with Crippen LogP contribution in [0.1, 0.15) is 11.1 Å². The number of methoxy groups -OCH3 is 1. The molecule has 33 heavy (non-hydrogen) atoms. The Kier molecular flexibility index (Phi) is 7.07. The van der Waals surface area contributed by atoms with E-state index in [0.717, 1.165) is 16.7 Å². The first-order chi connectivity index (χ1) is 15.9. The van der Waals surface area contributed by atoms with Crippen molar-refractivity contribution in [3.05, 3.63) is 92.0 Å². The quantitative estimate of drug-likeness (QED) is 0.308. The van der Waals surface area contributed by atoms with E-state index < -0.39 is 11.1 Å². The lowest BCUT2D eigenvalue weighted by atomic mass is 10.1. The largest absolute Gasteiger partial charge is 0.493 e. The van der Waals surface area contributed by atoms with Gasteiger partial charge in [-0.15, -0.1) is 0 Å². The van der Waals surface area contributed by atoms with Crippen LogP contribution >= 0.6 is 39.3 Å². The SMILES string of the molecule is COc1cc(/C=C2/SC(=O)N(c3ccc(Cl)cc3)C2=O)cc(Br)c1OCc1cccc(F)c1. The van der Waals surface area contributed by atoms with Crippen molar-refractivity contribution in [3.8, 4) is 11.5 Å². The van der Waals surface area contributed by atoms with Gasteiger partial charge in [0, 0.05) is 5.02 Å². The fourth-order valence-corrected chi connectivity index (χ4v) is 4.72. The van der Waals surface area contributed by atoms with Gasteiger partial charge in [0.15, 0.2) is 11.5 Å². The molecule has 5 nitrogen and oxygen atoms in total. The van der Waals surface area contributed by atoms with E-state index in [1.54, 1.807) is 54.6 Å². The summed E-state index contributed by atoms with van der Waals surface area (Å²) in [7, 11) is 1.50. The number of carbonyl (C=O) groups excluding carboxylic acids is 2. The van der Waals surface area contributed by atoms with Crippen LogP contribution in [-0.2, 0) is 11.4 Å². The Balaban J connectivity index is 1.58. The highest BCUT2D eigenvalue weighted by atomic mass is 79.9. The molecular weight excluding hydrogens is 533 g/mol. The van der Waals surface area contributed by atoms with E-state index in [0.29, 0.717) is 37.8 Å². The van der Waals surface area contributed by atoms with Crippen molar-refractivity contribution in [1.82, 2.24) is 0 Å². The van der Waals surface area contributed by atoms with Gasteiger partial charge in [-0.3, -0.25) is 9.59 Å². The third-order valence-electron chi connectivity index (χ3n) is 4.70. The average Bonchev–Trinajstić information content (AvgIpc) is 3.06. The van der Waals surface area contributed by atoms with E-state index >= 15 is 0 Å². The Hall–Kier alpha value is -2.81. The standard InChI is InChI=1S/C24H16BrClFNO4S/c1-31-20-11-15(10-19(25)22(20)32-13-14-3-2-4-17(27)9-14)12-21-23(29)28(24(30)33-21)18-7-5-16(26)6-8-18/h2-12H,13H2,1H3/b21-12+. The molecule has 1 aliphatic heterocycles. The van der Waals surface area contributed by atoms with Crippen LogP contribution in [0, 0.1) is 5.82 Å². The summed E-state index contributed by atoms with van der Waals surface area (Å²) in [4.78, 5) is 26.7. The molecule has 4 rings (SSSR count). The van der Waals surface area contributed by atoms with Crippen LogP contribution in [0.15, 0.2) is 70.0 Å². The predicted molar refractivity (Wildman–Crippen MR) is 131 cm³/mol. The summed E-state index contributed by atoms with van der Waals surface area (Å²) in [5, 5.41) is 0.118. The van der Waals surface area contributed by atoms with Gasteiger partial charge in [-0.2, -0.15) is 0 Å². The van der Waals surface area contributed by atoms with Gasteiger partial charge in [0.05, 0.1) is 22.2 Å². The molecule has 0 aromatic heterocycles. The van der Waals surface area contributed by atoms with Gasteiger partial charge in [0.25, 0.3) is 11.1 Å². The van der Waals surface area contributed by atoms with Crippen molar-refractivity contribution in [2.75, 3.05) is 12.0 Å². The van der Waals surface area contributed by atoms with Crippen molar-refractivity contribution in [2.24, 2.45) is 0 Å². The molecule has 3 aromatic carbocycles. The number of amides is 2. The first-order valence-corrected chi connectivity index (χ1v) is 11.6. The summed E-state index contributed by atoms with van der Waals surface area (Å²) < 4.78 is 25.3. The normalized spacial score (nSPS) is 14.8. The molecule has 3 aromatic rings. The van der Waals surface area contributed by atoms with Crippen LogP contribution in [0.3, 0.4) is 0 Å². The van der Waals surface area contributed by atoms with Crippen LogP contribution in [0.25, 0.3) is 6.08 Å². The Labute approximate surface area is 207 Å². The van der Waals surface area contributed by atoms with E-state index in [1.165, 1.54) is 19.2 Å². The highest BCUT2D eigenvalue weighted by Crippen LogP contribution is 2.40. The average molecular weight is 549 g/mol. The zero-order valence-electron chi connectivity index (χ0n) is 17.2. The van der Waals surface area contributed by atoms with E-state index in [9.17, 15) is 14.0 Å². The van der Waals surface area contributed by atoms with Crippen LogP contribution in [0.4, 0.5) is 14.9 Å². The first-order valence-electron chi connectivity index (χ1n) is 9.64. The van der Waals surface area contributed by atoms with Crippen LogP contribution in [0.5, 0.6) is 11.5 Å². The van der Waals surface area contributed by atoms with Crippen molar-refractivity contribution in [3.63, 3.8) is 0 Å². The Bertz CT molecular complexity index is 1270. The number of anilines is 1. The van der Waals surface area contributed by atoms with Crippen molar-refractivity contribution < 1.29 is 23.5 Å². The summed E-state index contributed by atoms with van der Waals surface area (Å²) in [6, 6.07) is 16.0. The first kappa shape index (κ1) is 23.4. The monoisotopic (exact) mass is 547 g/mol. The molecule has 0 atom stereocenters. The number of imide groups is 1. The van der Waals surface area contributed by atoms with E-state index in [4.69, 9.17) is 21.1 Å². The summed E-state index contributed by atoms with van der Waals surface area (Å²) in [5.74, 6) is 0.0935. The van der Waals surface area contributed by atoms with Gasteiger partial charge in [0.1, 0.15) is 12.4 Å². The highest BCUT2D eigenvalue weighted by molar-refractivity contribution is 9.10. The third kappa shape index (κ3) is 5.24. The zero-order chi connectivity index (χ0) is 23.5. The molecule has 2 amide bonds. The maximum absolute atomic E-state index is 13.4.